The Morgan fingerprint density at radius 1 is 1.00 bits per heavy atom. The molecule has 0 saturated carbocycles. The molecule has 0 radical (unpaired) electrons. The maximum atomic E-state index is 5.87. The van der Waals surface area contributed by atoms with Crippen LogP contribution in [-0.4, -0.2) is 63.6 Å². The standard InChI is InChI=1S/C11H26N2OSi/c1-5-12-7-9-13(10-8-12)11-15(3,4)14-6-2/h5-11H2,1-4H3. The molecule has 1 heterocycles. The van der Waals surface area contributed by atoms with Crippen LogP contribution in [0.1, 0.15) is 13.8 Å². The molecule has 15 heavy (non-hydrogen) atoms. The van der Waals surface area contributed by atoms with Gasteiger partial charge in [0.05, 0.1) is 0 Å². The quantitative estimate of drug-likeness (QED) is 0.664. The SMILES string of the molecule is CCO[Si](C)(C)CN1CCN(CC)CC1. The molecule has 0 aromatic rings. The van der Waals surface area contributed by atoms with Crippen molar-refractivity contribution in [2.24, 2.45) is 0 Å². The highest BCUT2D eigenvalue weighted by Gasteiger charge is 2.27. The largest absolute Gasteiger partial charge is 0.416 e. The fourth-order valence-corrected chi connectivity index (χ4v) is 4.50. The van der Waals surface area contributed by atoms with E-state index in [-0.39, 0.29) is 0 Å². The topological polar surface area (TPSA) is 15.7 Å². The highest BCUT2D eigenvalue weighted by Crippen LogP contribution is 2.09. The van der Waals surface area contributed by atoms with Gasteiger partial charge < -0.3 is 14.2 Å². The third-order valence-electron chi connectivity index (χ3n) is 3.05. The normalized spacial score (nSPS) is 20.8. The molecule has 1 aliphatic rings. The van der Waals surface area contributed by atoms with Crippen molar-refractivity contribution in [1.29, 1.82) is 0 Å². The van der Waals surface area contributed by atoms with Gasteiger partial charge in [-0.05, 0) is 26.6 Å². The van der Waals surface area contributed by atoms with Crippen LogP contribution >= 0.6 is 0 Å². The maximum Gasteiger partial charge on any atom is 0.200 e. The van der Waals surface area contributed by atoms with Crippen molar-refractivity contribution in [2.75, 3.05) is 45.5 Å². The van der Waals surface area contributed by atoms with Gasteiger partial charge in [-0.1, -0.05) is 6.92 Å². The molecule has 0 aliphatic carbocycles. The lowest BCUT2D eigenvalue weighted by molar-refractivity contribution is 0.145. The van der Waals surface area contributed by atoms with Gasteiger partial charge in [0.1, 0.15) is 0 Å². The Morgan fingerprint density at radius 2 is 1.53 bits per heavy atom. The van der Waals surface area contributed by atoms with Crippen LogP contribution in [0.15, 0.2) is 0 Å². The number of nitrogens with zero attached hydrogens (tertiary/aromatic N) is 2. The molecule has 0 bridgehead atoms. The van der Waals surface area contributed by atoms with E-state index in [2.05, 4.69) is 36.7 Å². The summed E-state index contributed by atoms with van der Waals surface area (Å²) in [7, 11) is -1.42. The predicted molar refractivity (Wildman–Crippen MR) is 67.7 cm³/mol. The Balaban J connectivity index is 2.28. The van der Waals surface area contributed by atoms with Crippen LogP contribution in [0.4, 0.5) is 0 Å². The molecule has 1 fully saturated rings. The summed E-state index contributed by atoms with van der Waals surface area (Å²) in [5.74, 6) is 0. The molecule has 1 aliphatic heterocycles. The van der Waals surface area contributed by atoms with Gasteiger partial charge in [0.25, 0.3) is 0 Å². The van der Waals surface area contributed by atoms with Gasteiger partial charge >= 0.3 is 0 Å². The second kappa shape index (κ2) is 5.99. The smallest absolute Gasteiger partial charge is 0.200 e. The van der Waals surface area contributed by atoms with Crippen molar-refractivity contribution in [2.45, 2.75) is 26.9 Å². The summed E-state index contributed by atoms with van der Waals surface area (Å²) in [6, 6.07) is 0. The Morgan fingerprint density at radius 3 is 2.00 bits per heavy atom. The fourth-order valence-electron chi connectivity index (χ4n) is 2.24. The average molecular weight is 230 g/mol. The van der Waals surface area contributed by atoms with Gasteiger partial charge in [-0.15, -0.1) is 0 Å². The van der Waals surface area contributed by atoms with E-state index in [1.807, 2.05) is 0 Å². The zero-order chi connectivity index (χ0) is 11.3. The molecule has 0 aromatic carbocycles. The zero-order valence-corrected chi connectivity index (χ0v) is 11.8. The van der Waals surface area contributed by atoms with Crippen molar-refractivity contribution in [1.82, 2.24) is 9.80 Å². The van der Waals surface area contributed by atoms with Gasteiger partial charge in [0.2, 0.25) is 0 Å². The summed E-state index contributed by atoms with van der Waals surface area (Å²) >= 11 is 0. The molecule has 0 unspecified atom stereocenters. The lowest BCUT2D eigenvalue weighted by Crippen LogP contribution is -2.52. The number of rotatable bonds is 5. The minimum Gasteiger partial charge on any atom is -0.416 e. The van der Waals surface area contributed by atoms with E-state index >= 15 is 0 Å². The third kappa shape index (κ3) is 4.63. The molecule has 90 valence electrons. The summed E-state index contributed by atoms with van der Waals surface area (Å²) in [4.78, 5) is 5.10. The molecule has 1 saturated heterocycles. The first-order valence-electron chi connectivity index (χ1n) is 6.16. The lowest BCUT2D eigenvalue weighted by atomic mass is 10.3. The van der Waals surface area contributed by atoms with Gasteiger partial charge in [-0.2, -0.15) is 0 Å². The Kier molecular flexibility index (Phi) is 5.25. The Hall–Kier alpha value is 0.0969. The van der Waals surface area contributed by atoms with E-state index in [4.69, 9.17) is 4.43 Å². The van der Waals surface area contributed by atoms with Gasteiger partial charge in [0.15, 0.2) is 8.32 Å². The molecular weight excluding hydrogens is 204 g/mol. The van der Waals surface area contributed by atoms with Crippen molar-refractivity contribution >= 4 is 8.32 Å². The first kappa shape index (κ1) is 13.2. The fraction of sp³-hybridized carbons (Fsp3) is 1.00. The highest BCUT2D eigenvalue weighted by atomic mass is 28.4. The summed E-state index contributed by atoms with van der Waals surface area (Å²) < 4.78 is 5.87. The number of hydrogen-bond acceptors (Lipinski definition) is 3. The maximum absolute atomic E-state index is 5.87. The van der Waals surface area contributed by atoms with Crippen LogP contribution in [0.25, 0.3) is 0 Å². The van der Waals surface area contributed by atoms with E-state index in [1.54, 1.807) is 0 Å². The minimum absolute atomic E-state index is 0.869. The zero-order valence-electron chi connectivity index (χ0n) is 10.8. The summed E-state index contributed by atoms with van der Waals surface area (Å²) in [5, 5.41) is 0. The van der Waals surface area contributed by atoms with Crippen LogP contribution in [0.2, 0.25) is 13.1 Å². The summed E-state index contributed by atoms with van der Waals surface area (Å²) in [5.41, 5.74) is 0. The molecule has 4 heteroatoms. The molecule has 3 nitrogen and oxygen atoms in total. The monoisotopic (exact) mass is 230 g/mol. The van der Waals surface area contributed by atoms with Crippen molar-refractivity contribution in [3.8, 4) is 0 Å². The molecular formula is C11H26N2OSi. The van der Waals surface area contributed by atoms with Crippen molar-refractivity contribution in [3.05, 3.63) is 0 Å². The molecule has 0 aromatic heterocycles. The molecule has 0 atom stereocenters. The van der Waals surface area contributed by atoms with Crippen LogP contribution in [0.3, 0.4) is 0 Å². The second-order valence-electron chi connectivity index (χ2n) is 4.90. The van der Waals surface area contributed by atoms with Gasteiger partial charge in [0, 0.05) is 39.0 Å². The second-order valence-corrected chi connectivity index (χ2v) is 9.03. The molecule has 0 spiro atoms. The number of piperazine rings is 1. The lowest BCUT2D eigenvalue weighted by Gasteiger charge is -2.37. The third-order valence-corrected chi connectivity index (χ3v) is 5.33. The molecule has 0 N–H and O–H groups in total. The van der Waals surface area contributed by atoms with Crippen LogP contribution < -0.4 is 0 Å². The summed E-state index contributed by atoms with van der Waals surface area (Å²) in [6.45, 7) is 16.0. The average Bonchev–Trinajstić information content (AvgIpc) is 2.18. The van der Waals surface area contributed by atoms with E-state index in [0.717, 1.165) is 6.61 Å². The van der Waals surface area contributed by atoms with E-state index < -0.39 is 8.32 Å². The number of hydrogen-bond donors (Lipinski definition) is 0. The van der Waals surface area contributed by atoms with Crippen molar-refractivity contribution in [3.63, 3.8) is 0 Å². The molecule has 1 rings (SSSR count). The van der Waals surface area contributed by atoms with Crippen molar-refractivity contribution < 1.29 is 4.43 Å². The van der Waals surface area contributed by atoms with Crippen LogP contribution in [0.5, 0.6) is 0 Å². The van der Waals surface area contributed by atoms with Gasteiger partial charge in [-0.3, -0.25) is 0 Å². The first-order chi connectivity index (χ1) is 7.07. The van der Waals surface area contributed by atoms with Gasteiger partial charge in [-0.25, -0.2) is 0 Å². The van der Waals surface area contributed by atoms with Crippen LogP contribution in [-0.2, 0) is 4.43 Å². The van der Waals surface area contributed by atoms with E-state index in [0.29, 0.717) is 0 Å². The van der Waals surface area contributed by atoms with E-state index in [1.165, 1.54) is 38.9 Å². The van der Waals surface area contributed by atoms with Crippen LogP contribution in [0, 0.1) is 0 Å². The highest BCUT2D eigenvalue weighted by molar-refractivity contribution is 6.71. The number of likely N-dealkylation sites (N-methyl/N-ethyl adjacent to an activating group) is 1. The minimum atomic E-state index is -1.42. The van der Waals surface area contributed by atoms with E-state index in [9.17, 15) is 0 Å². The summed E-state index contributed by atoms with van der Waals surface area (Å²) in [6.07, 6.45) is 1.19. The predicted octanol–water partition coefficient (Wildman–Crippen LogP) is 1.40. The first-order valence-corrected chi connectivity index (χ1v) is 9.27. The molecule has 0 amide bonds. The Bertz CT molecular complexity index is 179. The Labute approximate surface area is 95.5 Å².